The predicted molar refractivity (Wildman–Crippen MR) is 46.4 cm³/mol. The summed E-state index contributed by atoms with van der Waals surface area (Å²) in [5.41, 5.74) is 0.389. The van der Waals surface area contributed by atoms with E-state index in [0.717, 1.165) is 6.42 Å². The zero-order valence-corrected chi connectivity index (χ0v) is 7.98. The molecule has 1 nitrogen and oxygen atoms in total. The molecule has 0 bridgehead atoms. The van der Waals surface area contributed by atoms with Crippen molar-refractivity contribution < 1.29 is 4.79 Å². The molecule has 0 amide bonds. The number of Topliss-reactive ketones (excluding diaryl/α,β-unsaturated/α-hetero) is 1. The summed E-state index contributed by atoms with van der Waals surface area (Å²) in [4.78, 5) is 10.9. The van der Waals surface area contributed by atoms with Gasteiger partial charge in [0.05, 0.1) is 0 Å². The molecule has 0 aromatic rings. The maximum atomic E-state index is 10.9. The molecule has 0 saturated heterocycles. The van der Waals surface area contributed by atoms with Crippen LogP contribution in [0.3, 0.4) is 0 Å². The average Bonchev–Trinajstić information content (AvgIpc) is 1.84. The van der Waals surface area contributed by atoms with Gasteiger partial charge in [0, 0.05) is 12.3 Å². The van der Waals surface area contributed by atoms with Crippen LogP contribution in [0.1, 0.15) is 40.5 Å². The van der Waals surface area contributed by atoms with Gasteiger partial charge in [-0.05, 0) is 17.8 Å². The molecular weight excluding hydrogens is 136 g/mol. The van der Waals surface area contributed by atoms with Gasteiger partial charge in [-0.3, -0.25) is 4.79 Å². The van der Waals surface area contributed by atoms with Gasteiger partial charge in [0.25, 0.3) is 0 Å². The van der Waals surface area contributed by atoms with Crippen molar-refractivity contribution >= 4 is 5.78 Å². The van der Waals surface area contributed by atoms with Gasteiger partial charge in [-0.1, -0.05) is 27.7 Å². The van der Waals surface area contributed by atoms with E-state index in [1.807, 2.05) is 0 Å². The molecule has 1 saturated carbocycles. The van der Waals surface area contributed by atoms with Gasteiger partial charge < -0.3 is 0 Å². The molecule has 0 spiro atoms. The van der Waals surface area contributed by atoms with Crippen molar-refractivity contribution in [3.63, 3.8) is 0 Å². The van der Waals surface area contributed by atoms with E-state index in [0.29, 0.717) is 23.0 Å². The summed E-state index contributed by atoms with van der Waals surface area (Å²) in [6.45, 7) is 8.77. The lowest BCUT2D eigenvalue weighted by atomic mass is 9.67. The lowest BCUT2D eigenvalue weighted by Crippen LogP contribution is -2.37. The van der Waals surface area contributed by atoms with Gasteiger partial charge in [-0.2, -0.15) is 0 Å². The fraction of sp³-hybridized carbons (Fsp3) is 0.900. The Morgan fingerprint density at radius 2 is 2.00 bits per heavy atom. The number of hydrogen-bond acceptors (Lipinski definition) is 1. The second-order valence-corrected chi connectivity index (χ2v) is 4.98. The molecule has 0 aliphatic heterocycles. The van der Waals surface area contributed by atoms with Crippen molar-refractivity contribution in [2.75, 3.05) is 0 Å². The third-order valence-corrected chi connectivity index (χ3v) is 2.55. The summed E-state index contributed by atoms with van der Waals surface area (Å²) in [6, 6.07) is 0. The average molecular weight is 154 g/mol. The Balaban J connectivity index is 2.36. The van der Waals surface area contributed by atoms with Crippen LogP contribution in [0.4, 0.5) is 0 Å². The smallest absolute Gasteiger partial charge is 0.136 e. The first-order valence-electron chi connectivity index (χ1n) is 4.43. The summed E-state index contributed by atoms with van der Waals surface area (Å²) in [7, 11) is 0. The lowest BCUT2D eigenvalue weighted by molar-refractivity contribution is -0.134. The highest BCUT2D eigenvalue weighted by Gasteiger charge is 2.37. The van der Waals surface area contributed by atoms with E-state index in [9.17, 15) is 4.79 Å². The van der Waals surface area contributed by atoms with Crippen LogP contribution in [0.25, 0.3) is 0 Å². The van der Waals surface area contributed by atoms with Crippen molar-refractivity contribution in [1.82, 2.24) is 0 Å². The Morgan fingerprint density at radius 3 is 2.27 bits per heavy atom. The monoisotopic (exact) mass is 154 g/mol. The van der Waals surface area contributed by atoms with E-state index < -0.39 is 0 Å². The van der Waals surface area contributed by atoms with Gasteiger partial charge >= 0.3 is 0 Å². The molecule has 11 heavy (non-hydrogen) atoms. The van der Waals surface area contributed by atoms with Crippen LogP contribution in [0.5, 0.6) is 0 Å². The van der Waals surface area contributed by atoms with Crippen molar-refractivity contribution in [2.45, 2.75) is 40.5 Å². The van der Waals surface area contributed by atoms with Crippen LogP contribution in [0, 0.1) is 17.3 Å². The fourth-order valence-corrected chi connectivity index (χ4v) is 1.76. The number of ketones is 1. The van der Waals surface area contributed by atoms with Gasteiger partial charge in [-0.15, -0.1) is 0 Å². The van der Waals surface area contributed by atoms with Crippen molar-refractivity contribution in [1.29, 1.82) is 0 Å². The molecule has 1 heteroatoms. The van der Waals surface area contributed by atoms with Crippen LogP contribution in [0.2, 0.25) is 0 Å². The predicted octanol–water partition coefficient (Wildman–Crippen LogP) is 2.65. The molecule has 0 aromatic carbocycles. The Morgan fingerprint density at radius 1 is 1.45 bits per heavy atom. The normalized spacial score (nSPS) is 31.8. The fourth-order valence-electron chi connectivity index (χ4n) is 1.76. The molecule has 1 rings (SSSR count). The van der Waals surface area contributed by atoms with E-state index in [2.05, 4.69) is 27.7 Å². The zero-order valence-electron chi connectivity index (χ0n) is 7.98. The van der Waals surface area contributed by atoms with Gasteiger partial charge in [0.2, 0.25) is 0 Å². The van der Waals surface area contributed by atoms with Crippen LogP contribution in [0.15, 0.2) is 0 Å². The molecule has 1 fully saturated rings. The van der Waals surface area contributed by atoms with Crippen molar-refractivity contribution in [3.8, 4) is 0 Å². The minimum atomic E-state index is 0.342. The summed E-state index contributed by atoms with van der Waals surface area (Å²) < 4.78 is 0. The summed E-state index contributed by atoms with van der Waals surface area (Å²) in [6.07, 6.45) is 2.03. The Bertz CT molecular complexity index is 164. The quantitative estimate of drug-likeness (QED) is 0.567. The second-order valence-electron chi connectivity index (χ2n) is 4.98. The highest BCUT2D eigenvalue weighted by molar-refractivity contribution is 5.86. The molecular formula is C10H18O. The maximum absolute atomic E-state index is 10.9. The van der Waals surface area contributed by atoms with Gasteiger partial charge in [0.15, 0.2) is 0 Å². The molecule has 1 aliphatic rings. The molecule has 0 N–H and O–H groups in total. The topological polar surface area (TPSA) is 17.1 Å². The highest BCUT2D eigenvalue weighted by atomic mass is 16.1. The second kappa shape index (κ2) is 2.62. The Hall–Kier alpha value is -0.330. The van der Waals surface area contributed by atoms with Crippen LogP contribution >= 0.6 is 0 Å². The Kier molecular flexibility index (Phi) is 2.08. The van der Waals surface area contributed by atoms with Crippen LogP contribution in [-0.2, 0) is 4.79 Å². The van der Waals surface area contributed by atoms with E-state index in [-0.39, 0.29) is 0 Å². The molecule has 64 valence electrons. The maximum Gasteiger partial charge on any atom is 0.136 e. The molecule has 0 heterocycles. The van der Waals surface area contributed by atoms with Crippen molar-refractivity contribution in [3.05, 3.63) is 0 Å². The molecule has 0 aromatic heterocycles. The number of carbonyl (C=O) groups excluding carboxylic acids is 1. The minimum Gasteiger partial charge on any atom is -0.299 e. The molecule has 1 aliphatic carbocycles. The first-order valence-corrected chi connectivity index (χ1v) is 4.43. The summed E-state index contributed by atoms with van der Waals surface area (Å²) >= 11 is 0. The van der Waals surface area contributed by atoms with Crippen LogP contribution in [-0.4, -0.2) is 5.78 Å². The molecule has 2 unspecified atom stereocenters. The first-order chi connectivity index (χ1) is 4.90. The zero-order chi connectivity index (χ0) is 8.65. The number of hydrogen-bond donors (Lipinski definition) is 0. The standard InChI is InChI=1S/C10H18O/c1-7-8(5-9(7)11)6-10(2,3)4/h7-8H,5-6H2,1-4H3. The van der Waals surface area contributed by atoms with E-state index >= 15 is 0 Å². The third-order valence-electron chi connectivity index (χ3n) is 2.55. The van der Waals surface area contributed by atoms with Crippen LogP contribution < -0.4 is 0 Å². The lowest BCUT2D eigenvalue weighted by Gasteiger charge is -2.36. The summed E-state index contributed by atoms with van der Waals surface area (Å²) in [5, 5.41) is 0. The number of carbonyl (C=O) groups is 1. The Labute approximate surface area is 69.2 Å². The van der Waals surface area contributed by atoms with E-state index in [1.54, 1.807) is 0 Å². The first kappa shape index (κ1) is 8.76. The number of rotatable bonds is 1. The SMILES string of the molecule is CC1C(=O)CC1CC(C)(C)C. The minimum absolute atomic E-state index is 0.342. The van der Waals surface area contributed by atoms with Gasteiger partial charge in [0.1, 0.15) is 5.78 Å². The van der Waals surface area contributed by atoms with Crippen molar-refractivity contribution in [2.24, 2.45) is 17.3 Å². The van der Waals surface area contributed by atoms with Gasteiger partial charge in [-0.25, -0.2) is 0 Å². The third kappa shape index (κ3) is 2.05. The van der Waals surface area contributed by atoms with E-state index in [4.69, 9.17) is 0 Å². The molecule has 0 radical (unpaired) electrons. The van der Waals surface area contributed by atoms with E-state index in [1.165, 1.54) is 6.42 Å². The summed E-state index contributed by atoms with van der Waals surface area (Å²) in [5.74, 6) is 1.47. The largest absolute Gasteiger partial charge is 0.299 e. The highest BCUT2D eigenvalue weighted by Crippen LogP contribution is 2.38. The molecule has 2 atom stereocenters.